The Morgan fingerprint density at radius 1 is 0.966 bits per heavy atom. The SMILES string of the molecule is O=C(N/N=C\c1ccccc1OCc1ccccc1)c1cccc(C(F)(F)F)c1. The molecule has 29 heavy (non-hydrogen) atoms. The van der Waals surface area contributed by atoms with Gasteiger partial charge in [-0.05, 0) is 35.9 Å². The smallest absolute Gasteiger partial charge is 0.416 e. The minimum Gasteiger partial charge on any atom is -0.488 e. The van der Waals surface area contributed by atoms with Crippen LogP contribution in [-0.4, -0.2) is 12.1 Å². The zero-order valence-electron chi connectivity index (χ0n) is 15.2. The molecule has 0 unspecified atom stereocenters. The summed E-state index contributed by atoms with van der Waals surface area (Å²) in [5.74, 6) is -0.177. The fraction of sp³-hybridized carbons (Fsp3) is 0.0909. The predicted molar refractivity (Wildman–Crippen MR) is 104 cm³/mol. The number of alkyl halides is 3. The zero-order chi connectivity index (χ0) is 20.7. The van der Waals surface area contributed by atoms with E-state index < -0.39 is 17.6 Å². The zero-order valence-corrected chi connectivity index (χ0v) is 15.2. The Balaban J connectivity index is 1.65. The van der Waals surface area contributed by atoms with E-state index in [1.165, 1.54) is 18.3 Å². The van der Waals surface area contributed by atoms with Crippen LogP contribution in [0.4, 0.5) is 13.2 Å². The summed E-state index contributed by atoms with van der Waals surface area (Å²) in [4.78, 5) is 12.1. The summed E-state index contributed by atoms with van der Waals surface area (Å²) in [6.07, 6.45) is -3.14. The molecule has 0 saturated heterocycles. The number of rotatable bonds is 6. The van der Waals surface area contributed by atoms with Crippen LogP contribution in [0.2, 0.25) is 0 Å². The quantitative estimate of drug-likeness (QED) is 0.467. The van der Waals surface area contributed by atoms with Gasteiger partial charge in [0.25, 0.3) is 5.91 Å². The fourth-order valence-electron chi connectivity index (χ4n) is 2.52. The van der Waals surface area contributed by atoms with Gasteiger partial charge >= 0.3 is 6.18 Å². The molecule has 0 radical (unpaired) electrons. The summed E-state index contributed by atoms with van der Waals surface area (Å²) in [5.41, 5.74) is 2.82. The van der Waals surface area contributed by atoms with E-state index in [0.717, 1.165) is 17.7 Å². The molecule has 0 atom stereocenters. The molecule has 7 heteroatoms. The minimum absolute atomic E-state index is 0.134. The average Bonchev–Trinajstić information content (AvgIpc) is 2.73. The van der Waals surface area contributed by atoms with Crippen molar-refractivity contribution in [1.82, 2.24) is 5.43 Å². The van der Waals surface area contributed by atoms with Gasteiger partial charge in [-0.25, -0.2) is 5.43 Å². The highest BCUT2D eigenvalue weighted by molar-refractivity contribution is 5.95. The number of halogens is 3. The third-order valence-corrected chi connectivity index (χ3v) is 3.98. The van der Waals surface area contributed by atoms with Gasteiger partial charge in [-0.3, -0.25) is 4.79 Å². The Bertz CT molecular complexity index is 1000. The fourth-order valence-corrected chi connectivity index (χ4v) is 2.52. The van der Waals surface area contributed by atoms with Crippen molar-refractivity contribution in [3.05, 3.63) is 101 Å². The highest BCUT2D eigenvalue weighted by Gasteiger charge is 2.30. The van der Waals surface area contributed by atoms with E-state index in [2.05, 4.69) is 10.5 Å². The summed E-state index contributed by atoms with van der Waals surface area (Å²) < 4.78 is 44.1. The maximum Gasteiger partial charge on any atom is 0.416 e. The summed E-state index contributed by atoms with van der Waals surface area (Å²) in [6, 6.07) is 20.9. The minimum atomic E-state index is -4.52. The van der Waals surface area contributed by atoms with Gasteiger partial charge in [-0.15, -0.1) is 0 Å². The number of hydrogen-bond donors (Lipinski definition) is 1. The average molecular weight is 398 g/mol. The Morgan fingerprint density at radius 2 is 1.69 bits per heavy atom. The van der Waals surface area contributed by atoms with E-state index >= 15 is 0 Å². The number of benzene rings is 3. The Hall–Kier alpha value is -3.61. The number of hydrazone groups is 1. The lowest BCUT2D eigenvalue weighted by atomic mass is 10.1. The molecule has 3 aromatic carbocycles. The summed E-state index contributed by atoms with van der Waals surface area (Å²) in [6.45, 7) is 0.363. The van der Waals surface area contributed by atoms with Gasteiger partial charge in [0, 0.05) is 11.1 Å². The van der Waals surface area contributed by atoms with Crippen LogP contribution in [0.15, 0.2) is 84.0 Å². The third-order valence-electron chi connectivity index (χ3n) is 3.98. The van der Waals surface area contributed by atoms with Gasteiger partial charge < -0.3 is 4.74 Å². The molecule has 3 aromatic rings. The topological polar surface area (TPSA) is 50.7 Å². The standard InChI is InChI=1S/C22H17F3N2O2/c23-22(24,25)19-11-6-10-17(13-19)21(28)27-26-14-18-9-4-5-12-20(18)29-15-16-7-2-1-3-8-16/h1-14H,15H2,(H,27,28)/b26-14-. The van der Waals surface area contributed by atoms with Crippen LogP contribution in [0.3, 0.4) is 0 Å². The first-order valence-corrected chi connectivity index (χ1v) is 8.70. The van der Waals surface area contributed by atoms with Crippen molar-refractivity contribution in [1.29, 1.82) is 0 Å². The lowest BCUT2D eigenvalue weighted by Gasteiger charge is -2.09. The van der Waals surface area contributed by atoms with Crippen LogP contribution in [0.25, 0.3) is 0 Å². The molecule has 0 aliphatic heterocycles. The second kappa shape index (κ2) is 9.05. The molecule has 0 spiro atoms. The van der Waals surface area contributed by atoms with Crippen LogP contribution < -0.4 is 10.2 Å². The summed E-state index contributed by atoms with van der Waals surface area (Å²) in [7, 11) is 0. The number of carbonyl (C=O) groups is 1. The highest BCUT2D eigenvalue weighted by Crippen LogP contribution is 2.29. The molecule has 0 saturated carbocycles. The second-order valence-corrected chi connectivity index (χ2v) is 6.09. The van der Waals surface area contributed by atoms with Crippen LogP contribution >= 0.6 is 0 Å². The van der Waals surface area contributed by atoms with Gasteiger partial charge in [-0.2, -0.15) is 18.3 Å². The molecule has 148 valence electrons. The van der Waals surface area contributed by atoms with Gasteiger partial charge in [0.2, 0.25) is 0 Å². The Labute approximate surface area is 165 Å². The molecule has 0 aliphatic carbocycles. The van der Waals surface area contributed by atoms with Crippen LogP contribution in [0.5, 0.6) is 5.75 Å². The normalized spacial score (nSPS) is 11.4. The van der Waals surface area contributed by atoms with Crippen molar-refractivity contribution < 1.29 is 22.7 Å². The first-order valence-electron chi connectivity index (χ1n) is 8.70. The monoisotopic (exact) mass is 398 g/mol. The summed E-state index contributed by atoms with van der Waals surface area (Å²) in [5, 5.41) is 3.84. The predicted octanol–water partition coefficient (Wildman–Crippen LogP) is 5.05. The molecule has 1 N–H and O–H groups in total. The third kappa shape index (κ3) is 5.68. The van der Waals surface area contributed by atoms with Crippen molar-refractivity contribution in [3.8, 4) is 5.75 Å². The number of ether oxygens (including phenoxy) is 1. The Kier molecular flexibility index (Phi) is 6.29. The van der Waals surface area contributed by atoms with E-state index in [9.17, 15) is 18.0 Å². The van der Waals surface area contributed by atoms with Crippen molar-refractivity contribution in [2.24, 2.45) is 5.10 Å². The van der Waals surface area contributed by atoms with E-state index in [0.29, 0.717) is 17.9 Å². The molecular weight excluding hydrogens is 381 g/mol. The first-order chi connectivity index (χ1) is 13.9. The molecule has 4 nitrogen and oxygen atoms in total. The van der Waals surface area contributed by atoms with Crippen LogP contribution in [0, 0.1) is 0 Å². The second-order valence-electron chi connectivity index (χ2n) is 6.09. The number of para-hydroxylation sites is 1. The van der Waals surface area contributed by atoms with Gasteiger partial charge in [0.15, 0.2) is 0 Å². The van der Waals surface area contributed by atoms with E-state index in [-0.39, 0.29) is 5.56 Å². The van der Waals surface area contributed by atoms with Crippen molar-refractivity contribution in [2.45, 2.75) is 12.8 Å². The molecule has 0 aromatic heterocycles. The number of nitrogens with zero attached hydrogens (tertiary/aromatic N) is 1. The maximum atomic E-state index is 12.8. The maximum absolute atomic E-state index is 12.8. The Morgan fingerprint density at radius 3 is 2.45 bits per heavy atom. The molecule has 3 rings (SSSR count). The first kappa shape index (κ1) is 20.1. The molecule has 0 fully saturated rings. The van der Waals surface area contributed by atoms with E-state index in [1.807, 2.05) is 30.3 Å². The van der Waals surface area contributed by atoms with Crippen LogP contribution in [-0.2, 0) is 12.8 Å². The number of nitrogens with one attached hydrogen (secondary N) is 1. The summed E-state index contributed by atoms with van der Waals surface area (Å²) >= 11 is 0. The van der Waals surface area contributed by atoms with Gasteiger partial charge in [-0.1, -0.05) is 48.5 Å². The van der Waals surface area contributed by atoms with Gasteiger partial charge in [0.05, 0.1) is 11.8 Å². The van der Waals surface area contributed by atoms with Crippen LogP contribution in [0.1, 0.15) is 27.0 Å². The number of carbonyl (C=O) groups excluding carboxylic acids is 1. The highest BCUT2D eigenvalue weighted by atomic mass is 19.4. The van der Waals surface area contributed by atoms with E-state index in [4.69, 9.17) is 4.74 Å². The van der Waals surface area contributed by atoms with E-state index in [1.54, 1.807) is 24.3 Å². The lowest BCUT2D eigenvalue weighted by molar-refractivity contribution is -0.137. The van der Waals surface area contributed by atoms with Crippen molar-refractivity contribution in [2.75, 3.05) is 0 Å². The molecular formula is C22H17F3N2O2. The molecule has 0 heterocycles. The van der Waals surface area contributed by atoms with Crippen molar-refractivity contribution >= 4 is 12.1 Å². The lowest BCUT2D eigenvalue weighted by Crippen LogP contribution is -2.18. The number of amides is 1. The number of hydrogen-bond acceptors (Lipinski definition) is 3. The molecule has 1 amide bonds. The van der Waals surface area contributed by atoms with Gasteiger partial charge in [0.1, 0.15) is 12.4 Å². The molecule has 0 bridgehead atoms. The largest absolute Gasteiger partial charge is 0.488 e. The van der Waals surface area contributed by atoms with Crippen molar-refractivity contribution in [3.63, 3.8) is 0 Å². The molecule has 0 aliphatic rings.